The van der Waals surface area contributed by atoms with Gasteiger partial charge < -0.3 is 14.5 Å². The SMILES string of the molecule is COc1ccccc1-c1cc(C)nc(N2CCN(C)CC2)c1. The lowest BCUT2D eigenvalue weighted by atomic mass is 10.0. The average Bonchev–Trinajstić information content (AvgIpc) is 2.55. The summed E-state index contributed by atoms with van der Waals surface area (Å²) in [6, 6.07) is 12.4. The number of nitrogens with zero attached hydrogens (tertiary/aromatic N) is 3. The maximum absolute atomic E-state index is 5.50. The molecule has 1 aliphatic rings. The van der Waals surface area contributed by atoms with Crippen LogP contribution in [0, 0.1) is 6.92 Å². The molecule has 0 atom stereocenters. The number of hydrogen-bond donors (Lipinski definition) is 0. The molecule has 0 radical (unpaired) electrons. The van der Waals surface area contributed by atoms with Gasteiger partial charge in [-0.05, 0) is 37.7 Å². The molecule has 1 aromatic carbocycles. The van der Waals surface area contributed by atoms with E-state index in [0.29, 0.717) is 0 Å². The first-order valence-electron chi connectivity index (χ1n) is 7.73. The van der Waals surface area contributed by atoms with E-state index < -0.39 is 0 Å². The number of aryl methyl sites for hydroxylation is 1. The molecule has 0 saturated carbocycles. The zero-order valence-corrected chi connectivity index (χ0v) is 13.5. The van der Waals surface area contributed by atoms with Crippen LogP contribution in [0.25, 0.3) is 11.1 Å². The van der Waals surface area contributed by atoms with E-state index in [1.165, 1.54) is 5.56 Å². The second kappa shape index (κ2) is 6.36. The number of anilines is 1. The van der Waals surface area contributed by atoms with Gasteiger partial charge in [0.25, 0.3) is 0 Å². The third kappa shape index (κ3) is 3.07. The minimum atomic E-state index is 0.900. The summed E-state index contributed by atoms with van der Waals surface area (Å²) in [6.45, 7) is 6.27. The lowest BCUT2D eigenvalue weighted by molar-refractivity contribution is 0.312. The van der Waals surface area contributed by atoms with Gasteiger partial charge in [0.15, 0.2) is 0 Å². The van der Waals surface area contributed by atoms with E-state index in [0.717, 1.165) is 49.0 Å². The average molecular weight is 297 g/mol. The third-order valence-electron chi connectivity index (χ3n) is 4.19. The van der Waals surface area contributed by atoms with Gasteiger partial charge in [-0.2, -0.15) is 0 Å². The van der Waals surface area contributed by atoms with Crippen LogP contribution in [0.5, 0.6) is 5.75 Å². The summed E-state index contributed by atoms with van der Waals surface area (Å²) in [5.74, 6) is 1.96. The molecule has 0 amide bonds. The number of para-hydroxylation sites is 1. The molecule has 1 aliphatic heterocycles. The molecule has 1 aromatic heterocycles. The van der Waals surface area contributed by atoms with Gasteiger partial charge in [0.2, 0.25) is 0 Å². The minimum Gasteiger partial charge on any atom is -0.496 e. The number of piperazine rings is 1. The lowest BCUT2D eigenvalue weighted by Crippen LogP contribution is -2.44. The van der Waals surface area contributed by atoms with Crippen LogP contribution in [0.2, 0.25) is 0 Å². The predicted octanol–water partition coefficient (Wildman–Crippen LogP) is 2.82. The van der Waals surface area contributed by atoms with Crippen molar-refractivity contribution in [1.82, 2.24) is 9.88 Å². The Morgan fingerprint density at radius 3 is 2.50 bits per heavy atom. The number of likely N-dealkylation sites (N-methyl/N-ethyl adjacent to an activating group) is 1. The molecule has 2 aromatic rings. The highest BCUT2D eigenvalue weighted by Crippen LogP contribution is 2.32. The summed E-state index contributed by atoms with van der Waals surface area (Å²) in [5.41, 5.74) is 3.32. The minimum absolute atomic E-state index is 0.900. The smallest absolute Gasteiger partial charge is 0.129 e. The van der Waals surface area contributed by atoms with Gasteiger partial charge in [-0.25, -0.2) is 4.98 Å². The maximum atomic E-state index is 5.50. The number of rotatable bonds is 3. The van der Waals surface area contributed by atoms with Crippen molar-refractivity contribution in [3.63, 3.8) is 0 Å². The summed E-state index contributed by atoms with van der Waals surface area (Å²) in [5, 5.41) is 0. The molecule has 22 heavy (non-hydrogen) atoms. The summed E-state index contributed by atoms with van der Waals surface area (Å²) in [6.07, 6.45) is 0. The van der Waals surface area contributed by atoms with Gasteiger partial charge >= 0.3 is 0 Å². The van der Waals surface area contributed by atoms with E-state index in [-0.39, 0.29) is 0 Å². The summed E-state index contributed by atoms with van der Waals surface area (Å²) in [4.78, 5) is 9.45. The molecule has 4 nitrogen and oxygen atoms in total. The van der Waals surface area contributed by atoms with Gasteiger partial charge in [0, 0.05) is 37.4 Å². The molecule has 2 heterocycles. The van der Waals surface area contributed by atoms with Crippen LogP contribution in [0.4, 0.5) is 5.82 Å². The topological polar surface area (TPSA) is 28.6 Å². The maximum Gasteiger partial charge on any atom is 0.129 e. The first-order chi connectivity index (χ1) is 10.7. The van der Waals surface area contributed by atoms with Crippen LogP contribution < -0.4 is 9.64 Å². The van der Waals surface area contributed by atoms with Crippen molar-refractivity contribution < 1.29 is 4.74 Å². The van der Waals surface area contributed by atoms with E-state index in [9.17, 15) is 0 Å². The number of methoxy groups -OCH3 is 1. The summed E-state index contributed by atoms with van der Waals surface area (Å²) < 4.78 is 5.50. The third-order valence-corrected chi connectivity index (χ3v) is 4.19. The molecule has 0 spiro atoms. The van der Waals surface area contributed by atoms with E-state index >= 15 is 0 Å². The molecule has 0 N–H and O–H groups in total. The Morgan fingerprint density at radius 2 is 1.77 bits per heavy atom. The van der Waals surface area contributed by atoms with Crippen molar-refractivity contribution in [1.29, 1.82) is 0 Å². The lowest BCUT2D eigenvalue weighted by Gasteiger charge is -2.33. The van der Waals surface area contributed by atoms with Crippen molar-refractivity contribution >= 4 is 5.82 Å². The fraction of sp³-hybridized carbons (Fsp3) is 0.389. The number of ether oxygens (including phenoxy) is 1. The molecule has 0 unspecified atom stereocenters. The molecule has 1 saturated heterocycles. The van der Waals surface area contributed by atoms with E-state index in [2.05, 4.69) is 42.0 Å². The van der Waals surface area contributed by atoms with E-state index in [4.69, 9.17) is 9.72 Å². The Morgan fingerprint density at radius 1 is 1.05 bits per heavy atom. The largest absolute Gasteiger partial charge is 0.496 e. The van der Waals surface area contributed by atoms with E-state index in [1.54, 1.807) is 7.11 Å². The van der Waals surface area contributed by atoms with Gasteiger partial charge in [-0.1, -0.05) is 18.2 Å². The molecule has 3 rings (SSSR count). The van der Waals surface area contributed by atoms with Crippen LogP contribution in [0.1, 0.15) is 5.69 Å². The van der Waals surface area contributed by atoms with Crippen LogP contribution in [-0.2, 0) is 0 Å². The highest BCUT2D eigenvalue weighted by Gasteiger charge is 2.17. The van der Waals surface area contributed by atoms with Gasteiger partial charge in [-0.15, -0.1) is 0 Å². The Balaban J connectivity index is 1.96. The van der Waals surface area contributed by atoms with Crippen LogP contribution >= 0.6 is 0 Å². The van der Waals surface area contributed by atoms with Gasteiger partial charge in [0.1, 0.15) is 11.6 Å². The molecule has 4 heteroatoms. The number of hydrogen-bond acceptors (Lipinski definition) is 4. The Labute approximate surface area is 132 Å². The normalized spacial score (nSPS) is 15.9. The van der Waals surface area contributed by atoms with Crippen molar-refractivity contribution in [2.75, 3.05) is 45.2 Å². The zero-order chi connectivity index (χ0) is 15.5. The van der Waals surface area contributed by atoms with Crippen LogP contribution in [0.15, 0.2) is 36.4 Å². The van der Waals surface area contributed by atoms with Gasteiger partial charge in [0.05, 0.1) is 7.11 Å². The zero-order valence-electron chi connectivity index (χ0n) is 13.5. The fourth-order valence-electron chi connectivity index (χ4n) is 2.89. The first kappa shape index (κ1) is 14.9. The highest BCUT2D eigenvalue weighted by molar-refractivity contribution is 5.73. The Kier molecular flexibility index (Phi) is 4.29. The monoisotopic (exact) mass is 297 g/mol. The summed E-state index contributed by atoms with van der Waals surface area (Å²) in [7, 11) is 3.88. The molecular weight excluding hydrogens is 274 g/mol. The van der Waals surface area contributed by atoms with Crippen molar-refractivity contribution in [3.8, 4) is 16.9 Å². The molecule has 0 bridgehead atoms. The predicted molar refractivity (Wildman–Crippen MR) is 90.7 cm³/mol. The first-order valence-corrected chi connectivity index (χ1v) is 7.73. The Hall–Kier alpha value is -2.07. The quantitative estimate of drug-likeness (QED) is 0.871. The molecule has 0 aliphatic carbocycles. The molecule has 116 valence electrons. The number of benzene rings is 1. The van der Waals surface area contributed by atoms with Crippen molar-refractivity contribution in [2.24, 2.45) is 0 Å². The number of pyridine rings is 1. The summed E-state index contributed by atoms with van der Waals surface area (Å²) >= 11 is 0. The van der Waals surface area contributed by atoms with Crippen molar-refractivity contribution in [2.45, 2.75) is 6.92 Å². The molecular formula is C18H23N3O. The fourth-order valence-corrected chi connectivity index (χ4v) is 2.89. The standard InChI is InChI=1S/C18H23N3O/c1-14-12-15(16-6-4-5-7-17(16)22-3)13-18(19-14)21-10-8-20(2)9-11-21/h4-7,12-13H,8-11H2,1-3H3. The van der Waals surface area contributed by atoms with Crippen molar-refractivity contribution in [3.05, 3.63) is 42.1 Å². The number of aromatic nitrogens is 1. The highest BCUT2D eigenvalue weighted by atomic mass is 16.5. The van der Waals surface area contributed by atoms with Crippen LogP contribution in [-0.4, -0.2) is 50.2 Å². The van der Waals surface area contributed by atoms with Gasteiger partial charge in [-0.3, -0.25) is 0 Å². The second-order valence-electron chi connectivity index (χ2n) is 5.85. The van der Waals surface area contributed by atoms with E-state index in [1.807, 2.05) is 18.2 Å². The second-order valence-corrected chi connectivity index (χ2v) is 5.85. The molecule has 1 fully saturated rings. The Bertz CT molecular complexity index is 649. The van der Waals surface area contributed by atoms with Crippen LogP contribution in [0.3, 0.4) is 0 Å².